The van der Waals surface area contributed by atoms with Gasteiger partial charge in [-0.15, -0.1) is 0 Å². The molecule has 122 valence electrons. The van der Waals surface area contributed by atoms with Gasteiger partial charge in [-0.25, -0.2) is 0 Å². The highest BCUT2D eigenvalue weighted by Gasteiger charge is 2.19. The van der Waals surface area contributed by atoms with Crippen LogP contribution in [0.4, 0.5) is 0 Å². The lowest BCUT2D eigenvalue weighted by Crippen LogP contribution is -2.34. The molecule has 0 radical (unpaired) electrons. The van der Waals surface area contributed by atoms with E-state index in [4.69, 9.17) is 5.11 Å². The third-order valence-corrected chi connectivity index (χ3v) is 4.70. The summed E-state index contributed by atoms with van der Waals surface area (Å²) in [4.78, 5) is 14.6. The van der Waals surface area contributed by atoms with Crippen LogP contribution in [0, 0.1) is 5.41 Å². The Morgan fingerprint density at radius 1 is 1.09 bits per heavy atom. The van der Waals surface area contributed by atoms with Gasteiger partial charge in [-0.2, -0.15) is 0 Å². The number of benzene rings is 2. The number of carbonyl (C=O) groups excluding carboxylic acids is 1. The van der Waals surface area contributed by atoms with Gasteiger partial charge >= 0.3 is 0 Å². The summed E-state index contributed by atoms with van der Waals surface area (Å²) in [5.41, 5.74) is 0.563. The van der Waals surface area contributed by atoms with Crippen molar-refractivity contribution in [2.24, 2.45) is 5.41 Å². The predicted octanol–water partition coefficient (Wildman–Crippen LogP) is 3.98. The van der Waals surface area contributed by atoms with Crippen LogP contribution in [0.25, 0.3) is 0 Å². The Morgan fingerprint density at radius 3 is 2.43 bits per heavy atom. The van der Waals surface area contributed by atoms with Crippen molar-refractivity contribution in [3.63, 3.8) is 0 Å². The van der Waals surface area contributed by atoms with E-state index in [1.165, 1.54) is 0 Å². The van der Waals surface area contributed by atoms with Crippen LogP contribution in [0.1, 0.15) is 30.6 Å². The summed E-state index contributed by atoms with van der Waals surface area (Å²) < 4.78 is 0. The second-order valence-electron chi connectivity index (χ2n) is 6.23. The number of hydrogen-bond acceptors (Lipinski definition) is 3. The number of rotatable bonds is 7. The molecule has 2 aromatic rings. The minimum absolute atomic E-state index is 0.0740. The topological polar surface area (TPSA) is 49.3 Å². The molecule has 0 heterocycles. The maximum absolute atomic E-state index is 12.5. The van der Waals surface area contributed by atoms with E-state index < -0.39 is 0 Å². The summed E-state index contributed by atoms with van der Waals surface area (Å²) >= 11 is 1.59. The summed E-state index contributed by atoms with van der Waals surface area (Å²) in [6, 6.07) is 17.6. The Kier molecular flexibility index (Phi) is 6.25. The van der Waals surface area contributed by atoms with Crippen molar-refractivity contribution in [3.8, 4) is 0 Å². The zero-order valence-corrected chi connectivity index (χ0v) is 14.4. The largest absolute Gasteiger partial charge is 0.396 e. The molecule has 0 fully saturated rings. The van der Waals surface area contributed by atoms with Crippen LogP contribution in [-0.4, -0.2) is 24.2 Å². The minimum Gasteiger partial charge on any atom is -0.396 e. The Balaban J connectivity index is 2.09. The van der Waals surface area contributed by atoms with E-state index in [9.17, 15) is 4.79 Å². The van der Waals surface area contributed by atoms with Crippen molar-refractivity contribution in [2.75, 3.05) is 13.2 Å². The summed E-state index contributed by atoms with van der Waals surface area (Å²) in [6.07, 6.45) is 0.660. The van der Waals surface area contributed by atoms with Gasteiger partial charge in [-0.3, -0.25) is 4.79 Å². The lowest BCUT2D eigenvalue weighted by molar-refractivity contribution is 0.0925. The molecule has 2 rings (SSSR count). The number of hydrogen-bond donors (Lipinski definition) is 2. The molecule has 0 aliphatic carbocycles. The van der Waals surface area contributed by atoms with Gasteiger partial charge in [0.15, 0.2) is 0 Å². The molecule has 0 bridgehead atoms. The highest BCUT2D eigenvalue weighted by atomic mass is 32.2. The van der Waals surface area contributed by atoms with Gasteiger partial charge in [0.05, 0.1) is 5.56 Å². The van der Waals surface area contributed by atoms with E-state index in [0.717, 1.165) is 9.79 Å². The summed E-state index contributed by atoms with van der Waals surface area (Å²) in [7, 11) is 0. The van der Waals surface area contributed by atoms with Crippen molar-refractivity contribution in [3.05, 3.63) is 60.2 Å². The molecule has 23 heavy (non-hydrogen) atoms. The van der Waals surface area contributed by atoms with Crippen molar-refractivity contribution in [1.29, 1.82) is 0 Å². The fourth-order valence-corrected chi connectivity index (χ4v) is 3.13. The predicted molar refractivity (Wildman–Crippen MR) is 94.8 cm³/mol. The Hall–Kier alpha value is -1.78. The number of aliphatic hydroxyl groups excluding tert-OH is 1. The van der Waals surface area contributed by atoms with Crippen LogP contribution >= 0.6 is 11.8 Å². The Morgan fingerprint density at radius 2 is 1.74 bits per heavy atom. The molecule has 0 saturated heterocycles. The molecule has 3 nitrogen and oxygen atoms in total. The molecular weight excluding hydrogens is 306 g/mol. The number of amides is 1. The number of aliphatic hydroxyl groups is 1. The van der Waals surface area contributed by atoms with Gasteiger partial charge in [0.1, 0.15) is 0 Å². The molecule has 0 aliphatic heterocycles. The molecule has 1 amide bonds. The highest BCUT2D eigenvalue weighted by molar-refractivity contribution is 7.99. The molecule has 2 aromatic carbocycles. The van der Waals surface area contributed by atoms with E-state index in [0.29, 0.717) is 18.5 Å². The summed E-state index contributed by atoms with van der Waals surface area (Å²) in [5, 5.41) is 12.1. The second kappa shape index (κ2) is 8.18. The normalized spacial score (nSPS) is 11.3. The molecule has 0 aliphatic rings. The zero-order valence-electron chi connectivity index (χ0n) is 13.6. The van der Waals surface area contributed by atoms with Crippen molar-refractivity contribution in [1.82, 2.24) is 5.32 Å². The minimum atomic E-state index is -0.119. The summed E-state index contributed by atoms with van der Waals surface area (Å²) in [5.74, 6) is -0.0740. The van der Waals surface area contributed by atoms with E-state index in [1.807, 2.05) is 68.4 Å². The smallest absolute Gasteiger partial charge is 0.252 e. The maximum Gasteiger partial charge on any atom is 0.252 e. The van der Waals surface area contributed by atoms with Crippen LogP contribution < -0.4 is 5.32 Å². The van der Waals surface area contributed by atoms with E-state index in [1.54, 1.807) is 11.8 Å². The quantitative estimate of drug-likeness (QED) is 0.808. The van der Waals surface area contributed by atoms with Crippen LogP contribution in [0.3, 0.4) is 0 Å². The highest BCUT2D eigenvalue weighted by Crippen LogP contribution is 2.30. The van der Waals surface area contributed by atoms with Crippen LogP contribution in [0.15, 0.2) is 64.4 Å². The van der Waals surface area contributed by atoms with Gasteiger partial charge < -0.3 is 10.4 Å². The molecule has 2 N–H and O–H groups in total. The van der Waals surface area contributed by atoms with E-state index in [2.05, 4.69) is 5.32 Å². The fourth-order valence-electron chi connectivity index (χ4n) is 2.16. The van der Waals surface area contributed by atoms with Gasteiger partial charge in [0, 0.05) is 22.9 Å². The summed E-state index contributed by atoms with van der Waals surface area (Å²) in [6.45, 7) is 4.74. The van der Waals surface area contributed by atoms with Gasteiger partial charge in [-0.1, -0.05) is 55.9 Å². The molecule has 0 unspecified atom stereocenters. The van der Waals surface area contributed by atoms with Crippen LogP contribution in [-0.2, 0) is 0 Å². The monoisotopic (exact) mass is 329 g/mol. The lowest BCUT2D eigenvalue weighted by atomic mass is 9.89. The first-order chi connectivity index (χ1) is 11.0. The SMILES string of the molecule is CC(C)(CCO)CNC(=O)c1ccccc1Sc1ccccc1. The lowest BCUT2D eigenvalue weighted by Gasteiger charge is -2.24. The average molecular weight is 329 g/mol. The molecular formula is C19H23NO2S. The molecule has 0 spiro atoms. The Labute approximate surface area is 142 Å². The van der Waals surface area contributed by atoms with Gasteiger partial charge in [0.25, 0.3) is 5.91 Å². The van der Waals surface area contributed by atoms with E-state index in [-0.39, 0.29) is 17.9 Å². The van der Waals surface area contributed by atoms with Crippen molar-refractivity contribution in [2.45, 2.75) is 30.1 Å². The third kappa shape index (κ3) is 5.41. The van der Waals surface area contributed by atoms with Crippen LogP contribution in [0.5, 0.6) is 0 Å². The Bertz CT molecular complexity index is 641. The first-order valence-electron chi connectivity index (χ1n) is 7.73. The number of nitrogens with one attached hydrogen (secondary N) is 1. The van der Waals surface area contributed by atoms with Crippen molar-refractivity contribution < 1.29 is 9.90 Å². The first kappa shape index (κ1) is 17.6. The van der Waals surface area contributed by atoms with Crippen molar-refractivity contribution >= 4 is 17.7 Å². The first-order valence-corrected chi connectivity index (χ1v) is 8.54. The number of carbonyl (C=O) groups is 1. The third-order valence-electron chi connectivity index (χ3n) is 3.62. The maximum atomic E-state index is 12.5. The standard InChI is InChI=1S/C19H23NO2S/c1-19(2,12-13-21)14-20-18(22)16-10-6-7-11-17(16)23-15-8-4-3-5-9-15/h3-11,21H,12-14H2,1-2H3,(H,20,22). The molecule has 0 aromatic heterocycles. The zero-order chi connectivity index (χ0) is 16.7. The van der Waals surface area contributed by atoms with Gasteiger partial charge in [-0.05, 0) is 36.1 Å². The second-order valence-corrected chi connectivity index (χ2v) is 7.35. The van der Waals surface area contributed by atoms with Gasteiger partial charge in [0.2, 0.25) is 0 Å². The average Bonchev–Trinajstić information content (AvgIpc) is 2.54. The molecule has 4 heteroatoms. The molecule has 0 saturated carbocycles. The molecule has 0 atom stereocenters. The fraction of sp³-hybridized carbons (Fsp3) is 0.316. The van der Waals surface area contributed by atoms with Crippen LogP contribution in [0.2, 0.25) is 0 Å². The van der Waals surface area contributed by atoms with E-state index >= 15 is 0 Å².